The Balaban J connectivity index is 1.16. The van der Waals surface area contributed by atoms with Gasteiger partial charge in [-0.1, -0.05) is 29.4 Å². The highest BCUT2D eigenvalue weighted by Gasteiger charge is 2.54. The molecule has 1 heterocycles. The SMILES string of the molecule is Cc1ccccc1-c1noc(COC(=O)[C@@H](C)NC(=O)C23CC4CC(CC(C4)C2)C3)n1. The van der Waals surface area contributed by atoms with Crippen LogP contribution in [0.2, 0.25) is 0 Å². The van der Waals surface area contributed by atoms with E-state index in [9.17, 15) is 9.59 Å². The Labute approximate surface area is 181 Å². The van der Waals surface area contributed by atoms with Crippen LogP contribution in [0, 0.1) is 30.1 Å². The van der Waals surface area contributed by atoms with Crippen LogP contribution in [0.4, 0.5) is 0 Å². The minimum atomic E-state index is -0.709. The molecule has 7 heteroatoms. The van der Waals surface area contributed by atoms with Gasteiger partial charge in [-0.15, -0.1) is 0 Å². The van der Waals surface area contributed by atoms with Crippen molar-refractivity contribution in [2.45, 2.75) is 65.0 Å². The molecule has 4 aliphatic carbocycles. The topological polar surface area (TPSA) is 94.3 Å². The maximum atomic E-state index is 13.1. The van der Waals surface area contributed by atoms with Crippen molar-refractivity contribution < 1.29 is 18.8 Å². The third-order valence-corrected chi connectivity index (χ3v) is 7.41. The highest BCUT2D eigenvalue weighted by atomic mass is 16.6. The molecule has 4 saturated carbocycles. The maximum Gasteiger partial charge on any atom is 0.328 e. The average molecular weight is 424 g/mol. The molecule has 164 valence electrons. The highest BCUT2D eigenvalue weighted by molar-refractivity contribution is 5.88. The zero-order chi connectivity index (χ0) is 21.6. The highest BCUT2D eigenvalue weighted by Crippen LogP contribution is 2.60. The summed E-state index contributed by atoms with van der Waals surface area (Å²) in [5.74, 6) is 2.26. The molecule has 2 aromatic rings. The number of hydrogen-bond donors (Lipinski definition) is 1. The van der Waals surface area contributed by atoms with Crippen molar-refractivity contribution >= 4 is 11.9 Å². The number of ether oxygens (including phenoxy) is 1. The number of benzene rings is 1. The standard InChI is InChI=1S/C24H29N3O4/c1-14-5-3-4-6-19(14)21-26-20(31-27-21)13-30-22(28)15(2)25-23(29)24-10-16-7-17(11-24)9-18(8-16)12-24/h3-6,15-18H,7-13H2,1-2H3,(H,25,29)/t15-,16?,17?,18?,24?/m1/s1. The van der Waals surface area contributed by atoms with Gasteiger partial charge in [-0.05, 0) is 75.7 Å². The van der Waals surface area contributed by atoms with Crippen molar-refractivity contribution in [3.8, 4) is 11.4 Å². The van der Waals surface area contributed by atoms with Crippen molar-refractivity contribution in [1.29, 1.82) is 0 Å². The third-order valence-electron chi connectivity index (χ3n) is 7.41. The van der Waals surface area contributed by atoms with Gasteiger partial charge < -0.3 is 14.6 Å². The molecule has 1 N–H and O–H groups in total. The Hall–Kier alpha value is -2.70. The van der Waals surface area contributed by atoms with Crippen LogP contribution in [0.15, 0.2) is 28.8 Å². The van der Waals surface area contributed by atoms with E-state index in [-0.39, 0.29) is 23.8 Å². The van der Waals surface area contributed by atoms with E-state index < -0.39 is 12.0 Å². The first-order valence-corrected chi connectivity index (χ1v) is 11.3. The van der Waals surface area contributed by atoms with Crippen LogP contribution < -0.4 is 5.32 Å². The van der Waals surface area contributed by atoms with Crippen molar-refractivity contribution in [3.63, 3.8) is 0 Å². The number of aromatic nitrogens is 2. The molecule has 4 aliphatic rings. The first-order chi connectivity index (χ1) is 14.9. The number of esters is 1. The summed E-state index contributed by atoms with van der Waals surface area (Å²) in [5, 5.41) is 6.91. The van der Waals surface area contributed by atoms with E-state index in [1.165, 1.54) is 19.3 Å². The zero-order valence-corrected chi connectivity index (χ0v) is 18.1. The van der Waals surface area contributed by atoms with E-state index >= 15 is 0 Å². The number of hydrogen-bond acceptors (Lipinski definition) is 6. The first kappa shape index (κ1) is 20.2. The second-order valence-electron chi connectivity index (χ2n) is 9.83. The average Bonchev–Trinajstić information content (AvgIpc) is 3.20. The first-order valence-electron chi connectivity index (χ1n) is 11.3. The molecule has 31 heavy (non-hydrogen) atoms. The summed E-state index contributed by atoms with van der Waals surface area (Å²) in [6.07, 6.45) is 6.74. The monoisotopic (exact) mass is 423 g/mol. The van der Waals surface area contributed by atoms with Crippen LogP contribution in [0.25, 0.3) is 11.4 Å². The molecule has 0 saturated heterocycles. The fourth-order valence-electron chi connectivity index (χ4n) is 6.30. The van der Waals surface area contributed by atoms with Gasteiger partial charge in [0.2, 0.25) is 11.7 Å². The van der Waals surface area contributed by atoms with Crippen molar-refractivity contribution in [1.82, 2.24) is 15.5 Å². The van der Waals surface area contributed by atoms with Gasteiger partial charge in [0, 0.05) is 11.0 Å². The lowest BCUT2D eigenvalue weighted by atomic mass is 9.49. The van der Waals surface area contributed by atoms with E-state index in [1.807, 2.05) is 31.2 Å². The lowest BCUT2D eigenvalue weighted by Crippen LogP contribution is -2.55. The Morgan fingerprint density at radius 3 is 2.45 bits per heavy atom. The van der Waals surface area contributed by atoms with Crippen LogP contribution in [0.3, 0.4) is 0 Å². The van der Waals surface area contributed by atoms with Gasteiger partial charge in [0.25, 0.3) is 5.89 Å². The number of carbonyl (C=O) groups is 2. The van der Waals surface area contributed by atoms with Crippen molar-refractivity contribution in [3.05, 3.63) is 35.7 Å². The molecule has 0 radical (unpaired) electrons. The van der Waals surface area contributed by atoms with Crippen molar-refractivity contribution in [2.75, 3.05) is 0 Å². The smallest absolute Gasteiger partial charge is 0.328 e. The van der Waals surface area contributed by atoms with Crippen LogP contribution in [0.5, 0.6) is 0 Å². The van der Waals surface area contributed by atoms with E-state index in [4.69, 9.17) is 9.26 Å². The molecule has 6 rings (SSSR count). The van der Waals surface area contributed by atoms with Gasteiger partial charge >= 0.3 is 5.97 Å². The lowest BCUT2D eigenvalue weighted by molar-refractivity contribution is -0.154. The number of nitrogens with zero attached hydrogens (tertiary/aromatic N) is 2. The van der Waals surface area contributed by atoms with Crippen LogP contribution >= 0.6 is 0 Å². The molecule has 4 fully saturated rings. The molecule has 0 spiro atoms. The van der Waals surface area contributed by atoms with Gasteiger partial charge in [-0.2, -0.15) is 4.98 Å². The van der Waals surface area contributed by atoms with Crippen LogP contribution in [-0.2, 0) is 20.9 Å². The summed E-state index contributed by atoms with van der Waals surface area (Å²) in [4.78, 5) is 29.9. The second-order valence-corrected chi connectivity index (χ2v) is 9.83. The van der Waals surface area contributed by atoms with Crippen LogP contribution in [0.1, 0.15) is 56.9 Å². The Kier molecular flexibility index (Phi) is 5.07. The molecule has 7 nitrogen and oxygen atoms in total. The van der Waals surface area contributed by atoms with Crippen molar-refractivity contribution in [2.24, 2.45) is 23.2 Å². The van der Waals surface area contributed by atoms with E-state index in [1.54, 1.807) is 6.92 Å². The predicted molar refractivity (Wildman–Crippen MR) is 112 cm³/mol. The van der Waals surface area contributed by atoms with E-state index in [0.29, 0.717) is 23.6 Å². The number of nitrogens with one attached hydrogen (secondary N) is 1. The number of amides is 1. The fourth-order valence-corrected chi connectivity index (χ4v) is 6.30. The molecule has 1 aromatic carbocycles. The molecule has 1 atom stereocenters. The third kappa shape index (κ3) is 3.86. The zero-order valence-electron chi connectivity index (χ0n) is 18.1. The quantitative estimate of drug-likeness (QED) is 0.710. The van der Waals surface area contributed by atoms with Gasteiger partial charge in [-0.25, -0.2) is 4.79 Å². The summed E-state index contributed by atoms with van der Waals surface area (Å²) in [6.45, 7) is 3.53. The summed E-state index contributed by atoms with van der Waals surface area (Å²) < 4.78 is 10.6. The van der Waals surface area contributed by atoms with Gasteiger partial charge in [0.05, 0.1) is 0 Å². The molecule has 0 unspecified atom stereocenters. The summed E-state index contributed by atoms with van der Waals surface area (Å²) in [6, 6.07) is 7.03. The summed E-state index contributed by atoms with van der Waals surface area (Å²) in [5.41, 5.74) is 1.63. The minimum absolute atomic E-state index is 0.0238. The van der Waals surface area contributed by atoms with E-state index in [2.05, 4.69) is 15.5 Å². The van der Waals surface area contributed by atoms with Gasteiger partial charge in [0.1, 0.15) is 6.04 Å². The number of aryl methyl sites for hydroxylation is 1. The number of rotatable bonds is 6. The molecular weight excluding hydrogens is 394 g/mol. The Morgan fingerprint density at radius 2 is 1.81 bits per heavy atom. The maximum absolute atomic E-state index is 13.1. The second kappa shape index (κ2) is 7.77. The molecule has 1 amide bonds. The fraction of sp³-hybridized carbons (Fsp3) is 0.583. The minimum Gasteiger partial charge on any atom is -0.454 e. The molecular formula is C24H29N3O4. The predicted octanol–water partition coefficient (Wildman–Crippen LogP) is 3.81. The molecule has 0 aliphatic heterocycles. The van der Waals surface area contributed by atoms with Gasteiger partial charge in [0.15, 0.2) is 6.61 Å². The van der Waals surface area contributed by atoms with E-state index in [0.717, 1.165) is 30.4 Å². The number of carbonyl (C=O) groups excluding carboxylic acids is 2. The largest absolute Gasteiger partial charge is 0.454 e. The summed E-state index contributed by atoms with van der Waals surface area (Å²) >= 11 is 0. The normalized spacial score (nSPS) is 29.5. The van der Waals surface area contributed by atoms with Crippen LogP contribution in [-0.4, -0.2) is 28.1 Å². The molecule has 4 bridgehead atoms. The Morgan fingerprint density at radius 1 is 1.16 bits per heavy atom. The Bertz CT molecular complexity index is 963. The van der Waals surface area contributed by atoms with Gasteiger partial charge in [-0.3, -0.25) is 4.79 Å². The lowest BCUT2D eigenvalue weighted by Gasteiger charge is -2.55. The summed E-state index contributed by atoms with van der Waals surface area (Å²) in [7, 11) is 0. The molecule has 1 aromatic heterocycles.